The number of ether oxygens (including phenoxy) is 1. The second-order valence-electron chi connectivity index (χ2n) is 9.22. The normalized spacial score (nSPS) is 21.1. The Balaban J connectivity index is 1.65. The van der Waals surface area contributed by atoms with E-state index in [4.69, 9.17) is 4.74 Å². The number of allylic oxidation sites excluding steroid dienone is 2. The van der Waals surface area contributed by atoms with Gasteiger partial charge in [-0.2, -0.15) is 0 Å². The Morgan fingerprint density at radius 2 is 2.18 bits per heavy atom. The van der Waals surface area contributed by atoms with Crippen molar-refractivity contribution in [2.24, 2.45) is 5.92 Å². The first kappa shape index (κ1) is 23.9. The first-order chi connectivity index (χ1) is 16.4. The van der Waals surface area contributed by atoms with E-state index < -0.39 is 6.10 Å². The van der Waals surface area contributed by atoms with E-state index in [1.807, 2.05) is 19.9 Å². The maximum absolute atomic E-state index is 13.5. The van der Waals surface area contributed by atoms with Crippen molar-refractivity contribution in [2.45, 2.75) is 45.3 Å². The fourth-order valence-corrected chi connectivity index (χ4v) is 4.47. The van der Waals surface area contributed by atoms with Crippen LogP contribution in [0.3, 0.4) is 0 Å². The van der Waals surface area contributed by atoms with E-state index in [1.165, 1.54) is 5.57 Å². The number of rotatable bonds is 6. The second-order valence-corrected chi connectivity index (χ2v) is 9.22. The van der Waals surface area contributed by atoms with E-state index in [1.54, 1.807) is 47.4 Å². The topological polar surface area (TPSA) is 95.9 Å². The lowest BCUT2D eigenvalue weighted by Gasteiger charge is -2.37. The van der Waals surface area contributed by atoms with E-state index in [2.05, 4.69) is 16.0 Å². The standard InChI is InChI=1S/C26H32N4O4/c1-17-14-30(18(2)16-31)25(32)21-12-20(19-8-4-5-9-19)13-28-24(21)34-23(17)15-29(3)26(33)22-10-6-7-11-27-22/h6-8,10-13,17-18,23,31H,4-5,9,14-16H2,1-3H3/t17-,18+,23-/m0/s1. The summed E-state index contributed by atoms with van der Waals surface area (Å²) in [6.45, 7) is 4.37. The van der Waals surface area contributed by atoms with E-state index in [0.29, 0.717) is 24.3 Å². The van der Waals surface area contributed by atoms with Crippen molar-refractivity contribution >= 4 is 17.4 Å². The van der Waals surface area contributed by atoms with Gasteiger partial charge < -0.3 is 19.6 Å². The molecule has 34 heavy (non-hydrogen) atoms. The van der Waals surface area contributed by atoms with E-state index in [9.17, 15) is 14.7 Å². The largest absolute Gasteiger partial charge is 0.472 e. The number of carbonyl (C=O) groups is 2. The molecule has 8 nitrogen and oxygen atoms in total. The van der Waals surface area contributed by atoms with E-state index in [-0.39, 0.29) is 36.3 Å². The van der Waals surface area contributed by atoms with Crippen molar-refractivity contribution in [2.75, 3.05) is 26.7 Å². The number of aromatic nitrogens is 2. The van der Waals surface area contributed by atoms with Gasteiger partial charge in [-0.05, 0) is 55.5 Å². The molecule has 1 aliphatic carbocycles. The Bertz CT molecular complexity index is 1070. The lowest BCUT2D eigenvalue weighted by Crippen LogP contribution is -2.50. The molecule has 0 saturated heterocycles. The minimum Gasteiger partial charge on any atom is -0.472 e. The highest BCUT2D eigenvalue weighted by atomic mass is 16.5. The number of carbonyl (C=O) groups excluding carboxylic acids is 2. The molecule has 2 aromatic rings. The Hall–Kier alpha value is -3.26. The van der Waals surface area contributed by atoms with Crippen molar-refractivity contribution in [3.63, 3.8) is 0 Å². The summed E-state index contributed by atoms with van der Waals surface area (Å²) in [6.07, 6.45) is 8.23. The van der Waals surface area contributed by atoms with Crippen LogP contribution < -0.4 is 4.74 Å². The molecule has 0 bridgehead atoms. The highest BCUT2D eigenvalue weighted by Crippen LogP contribution is 2.32. The van der Waals surface area contributed by atoms with E-state index >= 15 is 0 Å². The van der Waals surface area contributed by atoms with Crippen molar-refractivity contribution in [3.8, 4) is 5.88 Å². The van der Waals surface area contributed by atoms with Gasteiger partial charge in [-0.1, -0.05) is 19.1 Å². The van der Waals surface area contributed by atoms with Gasteiger partial charge in [-0.3, -0.25) is 14.6 Å². The molecule has 4 rings (SSSR count). The predicted molar refractivity (Wildman–Crippen MR) is 128 cm³/mol. The molecule has 180 valence electrons. The van der Waals surface area contributed by atoms with Crippen LogP contribution in [0.25, 0.3) is 5.57 Å². The molecule has 2 amide bonds. The van der Waals surface area contributed by atoms with Crippen LogP contribution in [-0.2, 0) is 0 Å². The zero-order valence-electron chi connectivity index (χ0n) is 20.0. The van der Waals surface area contributed by atoms with Gasteiger partial charge in [0.2, 0.25) is 5.88 Å². The van der Waals surface area contributed by atoms with Gasteiger partial charge in [-0.25, -0.2) is 4.98 Å². The molecule has 3 atom stereocenters. The summed E-state index contributed by atoms with van der Waals surface area (Å²) in [5.41, 5.74) is 2.87. The number of hydrogen-bond donors (Lipinski definition) is 1. The zero-order chi connectivity index (χ0) is 24.2. The molecule has 0 spiro atoms. The number of hydrogen-bond acceptors (Lipinski definition) is 6. The van der Waals surface area contributed by atoms with Gasteiger partial charge in [0.25, 0.3) is 11.8 Å². The maximum atomic E-state index is 13.5. The van der Waals surface area contributed by atoms with Gasteiger partial charge in [0, 0.05) is 31.9 Å². The van der Waals surface area contributed by atoms with Gasteiger partial charge in [0.15, 0.2) is 0 Å². The lowest BCUT2D eigenvalue weighted by atomic mass is 9.99. The fraction of sp³-hybridized carbons (Fsp3) is 0.462. The predicted octanol–water partition coefficient (Wildman–Crippen LogP) is 3.04. The lowest BCUT2D eigenvalue weighted by molar-refractivity contribution is 0.0312. The average molecular weight is 465 g/mol. The second kappa shape index (κ2) is 10.3. The highest BCUT2D eigenvalue weighted by Gasteiger charge is 2.35. The molecule has 2 aliphatic rings. The minimum atomic E-state index is -0.401. The third kappa shape index (κ3) is 4.97. The molecule has 1 aliphatic heterocycles. The SMILES string of the molecule is C[C@H](CO)N1C[C@H](C)[C@H](CN(C)C(=O)c2ccccn2)Oc2ncc(C3=CCCC3)cc2C1=O. The molecule has 0 saturated carbocycles. The van der Waals surface area contributed by atoms with Crippen LogP contribution in [0.4, 0.5) is 0 Å². The molecular formula is C26H32N4O4. The minimum absolute atomic E-state index is 0.107. The molecule has 0 unspecified atom stereocenters. The molecule has 3 heterocycles. The fourth-order valence-electron chi connectivity index (χ4n) is 4.47. The Kier molecular flexibility index (Phi) is 7.26. The van der Waals surface area contributed by atoms with Crippen molar-refractivity contribution < 1.29 is 19.4 Å². The number of pyridine rings is 2. The van der Waals surface area contributed by atoms with Gasteiger partial charge >= 0.3 is 0 Å². The van der Waals surface area contributed by atoms with Crippen LogP contribution in [0.15, 0.2) is 42.7 Å². The van der Waals surface area contributed by atoms with Gasteiger partial charge in [0.1, 0.15) is 17.4 Å². The maximum Gasteiger partial charge on any atom is 0.272 e. The summed E-state index contributed by atoms with van der Waals surface area (Å²) in [7, 11) is 1.72. The number of amides is 2. The summed E-state index contributed by atoms with van der Waals surface area (Å²) in [6, 6.07) is 6.72. The van der Waals surface area contributed by atoms with Crippen molar-refractivity contribution in [1.29, 1.82) is 0 Å². The number of fused-ring (bicyclic) bond motifs is 1. The Labute approximate surface area is 200 Å². The molecule has 0 aromatic carbocycles. The van der Waals surface area contributed by atoms with Crippen LogP contribution in [0.5, 0.6) is 5.88 Å². The average Bonchev–Trinajstić information content (AvgIpc) is 3.40. The first-order valence-corrected chi connectivity index (χ1v) is 11.8. The third-order valence-electron chi connectivity index (χ3n) is 6.62. The van der Waals surface area contributed by atoms with Crippen LogP contribution in [0.1, 0.15) is 59.5 Å². The van der Waals surface area contributed by atoms with E-state index in [0.717, 1.165) is 24.8 Å². The third-order valence-corrected chi connectivity index (χ3v) is 6.62. The molecule has 0 radical (unpaired) electrons. The van der Waals surface area contributed by atoms with Gasteiger partial charge in [-0.15, -0.1) is 0 Å². The van der Waals surface area contributed by atoms with Crippen molar-refractivity contribution in [1.82, 2.24) is 19.8 Å². The monoisotopic (exact) mass is 464 g/mol. The molecule has 1 N–H and O–H groups in total. The Morgan fingerprint density at radius 1 is 1.35 bits per heavy atom. The Morgan fingerprint density at radius 3 is 2.85 bits per heavy atom. The molecule has 0 fully saturated rings. The number of aliphatic hydroxyl groups is 1. The van der Waals surface area contributed by atoms with Crippen LogP contribution in [0.2, 0.25) is 0 Å². The summed E-state index contributed by atoms with van der Waals surface area (Å²) < 4.78 is 6.30. The van der Waals surface area contributed by atoms with Crippen molar-refractivity contribution in [3.05, 3.63) is 59.6 Å². The zero-order valence-corrected chi connectivity index (χ0v) is 20.0. The highest BCUT2D eigenvalue weighted by molar-refractivity contribution is 5.97. The summed E-state index contributed by atoms with van der Waals surface area (Å²) in [5, 5.41) is 9.83. The first-order valence-electron chi connectivity index (χ1n) is 11.8. The summed E-state index contributed by atoms with van der Waals surface area (Å²) >= 11 is 0. The number of aliphatic hydroxyl groups excluding tert-OH is 1. The summed E-state index contributed by atoms with van der Waals surface area (Å²) in [4.78, 5) is 38.4. The van der Waals surface area contributed by atoms with Crippen LogP contribution >= 0.6 is 0 Å². The van der Waals surface area contributed by atoms with Crippen LogP contribution in [0, 0.1) is 5.92 Å². The molecular weight excluding hydrogens is 432 g/mol. The molecule has 8 heteroatoms. The van der Waals surface area contributed by atoms with Crippen LogP contribution in [-0.4, -0.2) is 75.6 Å². The number of nitrogens with zero attached hydrogens (tertiary/aromatic N) is 4. The quantitative estimate of drug-likeness (QED) is 0.706. The smallest absolute Gasteiger partial charge is 0.272 e. The summed E-state index contributed by atoms with van der Waals surface area (Å²) in [5.74, 6) is -0.249. The molecule has 2 aromatic heterocycles. The van der Waals surface area contributed by atoms with Gasteiger partial charge in [0.05, 0.1) is 19.2 Å². The number of likely N-dealkylation sites (N-methyl/N-ethyl adjacent to an activating group) is 1.